The lowest BCUT2D eigenvalue weighted by atomic mass is 9.75. The van der Waals surface area contributed by atoms with Gasteiger partial charge in [-0.05, 0) is 62.3 Å². The summed E-state index contributed by atoms with van der Waals surface area (Å²) in [6.45, 7) is 7.39. The molecule has 2 amide bonds. The fraction of sp³-hybridized carbons (Fsp3) is 0.571. The highest BCUT2D eigenvalue weighted by molar-refractivity contribution is 6.43. The van der Waals surface area contributed by atoms with Gasteiger partial charge in [-0.3, -0.25) is 15.0 Å². The van der Waals surface area contributed by atoms with Gasteiger partial charge < -0.3 is 30.7 Å². The molecule has 0 aromatic heterocycles. The van der Waals surface area contributed by atoms with E-state index in [1.807, 2.05) is 33.8 Å². The summed E-state index contributed by atoms with van der Waals surface area (Å²) in [6, 6.07) is 4.37. The molecule has 0 saturated carbocycles. The van der Waals surface area contributed by atoms with Crippen LogP contribution in [-0.4, -0.2) is 65.1 Å². The van der Waals surface area contributed by atoms with E-state index >= 15 is 0 Å². The van der Waals surface area contributed by atoms with E-state index in [4.69, 9.17) is 10.1 Å². The van der Waals surface area contributed by atoms with E-state index in [2.05, 4.69) is 16.0 Å². The second-order valence-corrected chi connectivity index (χ2v) is 8.63. The molecule has 0 saturated heterocycles. The van der Waals surface area contributed by atoms with Crippen molar-refractivity contribution in [3.8, 4) is 5.75 Å². The minimum atomic E-state index is -1.78. The predicted octanol–water partition coefficient (Wildman–Crippen LogP) is -0.204. The molecule has 13 nitrogen and oxygen atoms in total. The third-order valence-corrected chi connectivity index (χ3v) is 5.09. The minimum Gasteiger partial charge on any atom is -0.484 e. The van der Waals surface area contributed by atoms with E-state index in [9.17, 15) is 29.8 Å². The highest BCUT2D eigenvalue weighted by Crippen LogP contribution is 2.16. The predicted molar refractivity (Wildman–Crippen MR) is 130 cm³/mol. The molecule has 1 aromatic carbocycles. The second kappa shape index (κ2) is 14.8. The number of carbonyl (C=O) groups excluding carboxylic acids is 2. The standard InChI is InChI=1S/C21H35BN6O7/c1-13(2)10-18(22(31)32)26-20(30)17(6-5-9-24-21(23)27-28(33)34)25-19(29)12-35-16-8-7-14(3)15(4)11-16/h7-8,11,13,17-18,31-32H,5-6,9-10,12H2,1-4H3,(H,25,29)(H,26,30)(H3,23,24,27)/t17-,18-/m0/s1. The second-order valence-electron chi connectivity index (χ2n) is 8.63. The molecular formula is C21H35BN6O7. The molecule has 0 aliphatic rings. The average molecular weight is 494 g/mol. The molecule has 0 bridgehead atoms. The number of carbonyl (C=O) groups is 2. The van der Waals surface area contributed by atoms with E-state index < -0.39 is 41.9 Å². The van der Waals surface area contributed by atoms with Gasteiger partial charge in [0, 0.05) is 6.54 Å². The molecule has 1 rings (SSSR count). The zero-order valence-electron chi connectivity index (χ0n) is 20.5. The first-order chi connectivity index (χ1) is 16.4. The van der Waals surface area contributed by atoms with Gasteiger partial charge in [0.15, 0.2) is 11.6 Å². The van der Waals surface area contributed by atoms with Crippen LogP contribution in [0.4, 0.5) is 0 Å². The smallest absolute Gasteiger partial charge is 0.475 e. The first-order valence-electron chi connectivity index (χ1n) is 11.3. The van der Waals surface area contributed by atoms with Gasteiger partial charge >= 0.3 is 7.12 Å². The zero-order chi connectivity index (χ0) is 26.5. The van der Waals surface area contributed by atoms with Crippen LogP contribution in [-0.2, 0) is 9.59 Å². The van der Waals surface area contributed by atoms with Crippen molar-refractivity contribution < 1.29 is 29.4 Å². The highest BCUT2D eigenvalue weighted by atomic mass is 16.7. The van der Waals surface area contributed by atoms with Gasteiger partial charge in [0.05, 0.1) is 5.94 Å². The largest absolute Gasteiger partial charge is 0.484 e. The Morgan fingerprint density at radius 2 is 1.89 bits per heavy atom. The summed E-state index contributed by atoms with van der Waals surface area (Å²) < 4.78 is 5.51. The van der Waals surface area contributed by atoms with Crippen molar-refractivity contribution in [2.45, 2.75) is 58.9 Å². The van der Waals surface area contributed by atoms with Crippen LogP contribution in [0, 0.1) is 35.3 Å². The number of amides is 2. The van der Waals surface area contributed by atoms with Crippen molar-refractivity contribution in [2.24, 2.45) is 5.92 Å². The van der Waals surface area contributed by atoms with Crippen LogP contribution >= 0.6 is 0 Å². The molecule has 0 fully saturated rings. The summed E-state index contributed by atoms with van der Waals surface area (Å²) in [7, 11) is -1.78. The van der Waals surface area contributed by atoms with Gasteiger partial charge in [-0.15, -0.1) is 0 Å². The van der Waals surface area contributed by atoms with Crippen LogP contribution < -0.4 is 26.1 Å². The molecule has 0 aliphatic heterocycles. The number of guanidine groups is 1. The third kappa shape index (κ3) is 12.0. The molecular weight excluding hydrogens is 459 g/mol. The van der Waals surface area contributed by atoms with E-state index in [-0.39, 0.29) is 31.9 Å². The summed E-state index contributed by atoms with van der Waals surface area (Å²) in [5.74, 6) is -2.02. The maximum absolute atomic E-state index is 12.9. The van der Waals surface area contributed by atoms with Crippen molar-refractivity contribution in [1.29, 1.82) is 5.41 Å². The Balaban J connectivity index is 2.76. The number of nitrogens with zero attached hydrogens (tertiary/aromatic N) is 1. The molecule has 7 N–H and O–H groups in total. The van der Waals surface area contributed by atoms with Crippen molar-refractivity contribution >= 4 is 24.9 Å². The van der Waals surface area contributed by atoms with Crippen LogP contribution in [0.25, 0.3) is 0 Å². The third-order valence-electron chi connectivity index (χ3n) is 5.09. The zero-order valence-corrected chi connectivity index (χ0v) is 20.5. The molecule has 35 heavy (non-hydrogen) atoms. The van der Waals surface area contributed by atoms with Gasteiger partial charge in [0.1, 0.15) is 11.8 Å². The maximum Gasteiger partial charge on any atom is 0.475 e. The maximum atomic E-state index is 12.9. The summed E-state index contributed by atoms with van der Waals surface area (Å²) >= 11 is 0. The number of hydrogen-bond acceptors (Lipinski definition) is 8. The van der Waals surface area contributed by atoms with Crippen LogP contribution in [0.2, 0.25) is 0 Å². The van der Waals surface area contributed by atoms with E-state index in [1.165, 1.54) is 0 Å². The molecule has 0 aliphatic carbocycles. The SMILES string of the molecule is Cc1ccc(OCC(=O)N[C@@H](CCCNC(=N)N[N+](=O)[O-])C(=O)N[C@@H](CC(C)C)B(O)O)cc1C. The Labute approximate surface area is 204 Å². The summed E-state index contributed by atoms with van der Waals surface area (Å²) in [5.41, 5.74) is 3.74. The lowest BCUT2D eigenvalue weighted by Gasteiger charge is -2.24. The molecule has 194 valence electrons. The first-order valence-corrected chi connectivity index (χ1v) is 11.3. The van der Waals surface area contributed by atoms with E-state index in [0.29, 0.717) is 12.2 Å². The molecule has 2 atom stereocenters. The van der Waals surface area contributed by atoms with Gasteiger partial charge in [0.25, 0.3) is 11.9 Å². The number of aryl methyl sites for hydroxylation is 2. The average Bonchev–Trinajstić information content (AvgIpc) is 2.75. The van der Waals surface area contributed by atoms with Crippen LogP contribution in [0.15, 0.2) is 18.2 Å². The van der Waals surface area contributed by atoms with Crippen molar-refractivity contribution in [1.82, 2.24) is 21.4 Å². The monoisotopic (exact) mass is 494 g/mol. The number of nitrogens with one attached hydrogen (secondary N) is 5. The quantitative estimate of drug-likeness (QED) is 0.0457. The fourth-order valence-corrected chi connectivity index (χ4v) is 3.15. The van der Waals surface area contributed by atoms with Crippen molar-refractivity contribution in [3.63, 3.8) is 0 Å². The van der Waals surface area contributed by atoms with Crippen LogP contribution in [0.5, 0.6) is 5.75 Å². The topological polar surface area (TPSA) is 199 Å². The Morgan fingerprint density at radius 1 is 1.20 bits per heavy atom. The summed E-state index contributed by atoms with van der Waals surface area (Å²) in [4.78, 5) is 35.7. The van der Waals surface area contributed by atoms with Crippen LogP contribution in [0.1, 0.15) is 44.2 Å². The molecule has 0 unspecified atom stereocenters. The minimum absolute atomic E-state index is 0.0748. The summed E-state index contributed by atoms with van der Waals surface area (Å²) in [5, 5.41) is 43.7. The van der Waals surface area contributed by atoms with Gasteiger partial charge in [-0.25, -0.2) is 10.1 Å². The summed E-state index contributed by atoms with van der Waals surface area (Å²) in [6.07, 6.45) is 0.704. The Kier molecular flexibility index (Phi) is 12.5. The number of hydrogen-bond donors (Lipinski definition) is 7. The molecule has 14 heteroatoms. The normalized spacial score (nSPS) is 12.3. The molecule has 0 heterocycles. The van der Waals surface area contributed by atoms with Crippen molar-refractivity contribution in [3.05, 3.63) is 39.4 Å². The van der Waals surface area contributed by atoms with Gasteiger partial charge in [0.2, 0.25) is 5.91 Å². The van der Waals surface area contributed by atoms with Crippen molar-refractivity contribution in [2.75, 3.05) is 13.2 Å². The fourth-order valence-electron chi connectivity index (χ4n) is 3.15. The van der Waals surface area contributed by atoms with Crippen LogP contribution in [0.3, 0.4) is 0 Å². The Bertz CT molecular complexity index is 884. The number of ether oxygens (including phenoxy) is 1. The number of benzene rings is 1. The number of hydrazine groups is 1. The molecule has 0 spiro atoms. The lowest BCUT2D eigenvalue weighted by molar-refractivity contribution is -0.525. The highest BCUT2D eigenvalue weighted by Gasteiger charge is 2.29. The first kappa shape index (κ1) is 29.6. The van der Waals surface area contributed by atoms with Gasteiger partial charge in [-0.2, -0.15) is 0 Å². The molecule has 1 aromatic rings. The lowest BCUT2D eigenvalue weighted by Crippen LogP contribution is -2.55. The number of nitro groups is 1. The van der Waals surface area contributed by atoms with Gasteiger partial charge in [-0.1, -0.05) is 25.3 Å². The number of rotatable bonds is 14. The Morgan fingerprint density at radius 3 is 2.46 bits per heavy atom. The van der Waals surface area contributed by atoms with E-state index in [1.54, 1.807) is 17.6 Å². The molecule has 0 radical (unpaired) electrons. The van der Waals surface area contributed by atoms with E-state index in [0.717, 1.165) is 11.1 Å². The Hall–Kier alpha value is -3.39.